The fraction of sp³-hybridized carbons (Fsp3) is 0. The van der Waals surface area contributed by atoms with Crippen LogP contribution in [0.25, 0.3) is 88.1 Å². The van der Waals surface area contributed by atoms with E-state index in [4.69, 9.17) is 4.98 Å². The third-order valence-corrected chi connectivity index (χ3v) is 11.2. The normalized spacial score (nSPS) is 11.6. The molecule has 11 rings (SSSR count). The summed E-state index contributed by atoms with van der Waals surface area (Å²) >= 11 is 0. The van der Waals surface area contributed by atoms with Gasteiger partial charge in [-0.25, -0.2) is 0 Å². The SMILES string of the molecule is c1ccc(-c2c3c(c(-c4ccccc4)c4ccccc24)-c2ccc(-c4cccc(N(c5ccccc5)c5cccc6ncccc56)c4)c4cccc-3c24)cc1. The zero-order valence-electron chi connectivity index (χ0n) is 30.0. The lowest BCUT2D eigenvalue weighted by molar-refractivity contribution is 1.29. The van der Waals surface area contributed by atoms with E-state index in [0.717, 1.165) is 28.0 Å². The first-order valence-corrected chi connectivity index (χ1v) is 18.9. The highest BCUT2D eigenvalue weighted by molar-refractivity contribution is 6.28. The second-order valence-electron chi connectivity index (χ2n) is 14.2. The van der Waals surface area contributed by atoms with Gasteiger partial charge >= 0.3 is 0 Å². The molecule has 256 valence electrons. The van der Waals surface area contributed by atoms with Gasteiger partial charge in [-0.15, -0.1) is 0 Å². The van der Waals surface area contributed by atoms with Crippen molar-refractivity contribution in [3.63, 3.8) is 0 Å². The molecule has 1 aliphatic rings. The molecule has 0 spiro atoms. The highest BCUT2D eigenvalue weighted by atomic mass is 15.1. The van der Waals surface area contributed by atoms with Gasteiger partial charge < -0.3 is 4.90 Å². The van der Waals surface area contributed by atoms with Crippen molar-refractivity contribution in [1.82, 2.24) is 4.98 Å². The molecule has 1 aliphatic carbocycles. The second kappa shape index (κ2) is 12.7. The van der Waals surface area contributed by atoms with Gasteiger partial charge in [0.05, 0.1) is 11.2 Å². The number of para-hydroxylation sites is 1. The first kappa shape index (κ1) is 31.3. The molecular formula is C53H34N2. The highest BCUT2D eigenvalue weighted by Gasteiger charge is 2.31. The molecule has 55 heavy (non-hydrogen) atoms. The number of nitrogens with zero attached hydrogens (tertiary/aromatic N) is 2. The number of aromatic nitrogens is 1. The fourth-order valence-electron chi connectivity index (χ4n) is 8.96. The van der Waals surface area contributed by atoms with Crippen LogP contribution in [0.15, 0.2) is 206 Å². The summed E-state index contributed by atoms with van der Waals surface area (Å²) in [7, 11) is 0. The standard InChI is InChI=1S/C53H34N2/c1-4-16-35(17-5-1)49-42-24-10-11-25-43(42)50(36-18-6-2-7-19-36)53-46-32-31-40(41-26-13-27-45(51(41)46)52(49)53)37-20-12-23-39(34-37)55(38-21-8-3-9-22-38)48-30-14-29-47-44(48)28-15-33-54-47/h1-34H. The van der Waals surface area contributed by atoms with E-state index in [2.05, 4.69) is 199 Å². The molecule has 0 aliphatic heterocycles. The Bertz CT molecular complexity index is 2980. The van der Waals surface area contributed by atoms with Crippen molar-refractivity contribution in [2.75, 3.05) is 4.90 Å². The molecule has 10 aromatic rings. The third-order valence-electron chi connectivity index (χ3n) is 11.2. The van der Waals surface area contributed by atoms with Crippen molar-refractivity contribution in [1.29, 1.82) is 0 Å². The maximum absolute atomic E-state index is 4.69. The molecule has 0 saturated heterocycles. The second-order valence-corrected chi connectivity index (χ2v) is 14.2. The number of hydrogen-bond donors (Lipinski definition) is 0. The van der Waals surface area contributed by atoms with E-state index in [0.29, 0.717) is 0 Å². The fourth-order valence-corrected chi connectivity index (χ4v) is 8.96. The van der Waals surface area contributed by atoms with E-state index < -0.39 is 0 Å². The summed E-state index contributed by atoms with van der Waals surface area (Å²) in [6, 6.07) is 72.6. The Kier molecular flexibility index (Phi) is 7.21. The largest absolute Gasteiger partial charge is 0.310 e. The van der Waals surface area contributed by atoms with Gasteiger partial charge in [-0.05, 0) is 126 Å². The molecule has 1 heterocycles. The summed E-state index contributed by atoms with van der Waals surface area (Å²) in [5.74, 6) is 0. The highest BCUT2D eigenvalue weighted by Crippen LogP contribution is 2.58. The van der Waals surface area contributed by atoms with Crippen LogP contribution in [-0.2, 0) is 0 Å². The van der Waals surface area contributed by atoms with E-state index in [9.17, 15) is 0 Å². The zero-order valence-corrected chi connectivity index (χ0v) is 30.0. The first-order chi connectivity index (χ1) is 27.3. The molecule has 0 saturated carbocycles. The van der Waals surface area contributed by atoms with E-state index in [1.54, 1.807) is 0 Å². The molecule has 1 aromatic heterocycles. The summed E-state index contributed by atoms with van der Waals surface area (Å²) in [6.45, 7) is 0. The third kappa shape index (κ3) is 4.92. The van der Waals surface area contributed by atoms with Gasteiger partial charge in [-0.2, -0.15) is 0 Å². The Balaban J connectivity index is 1.16. The van der Waals surface area contributed by atoms with Crippen molar-refractivity contribution in [2.45, 2.75) is 0 Å². The number of benzene rings is 9. The van der Waals surface area contributed by atoms with Crippen molar-refractivity contribution in [3.8, 4) is 55.6 Å². The topological polar surface area (TPSA) is 16.1 Å². The van der Waals surface area contributed by atoms with E-state index >= 15 is 0 Å². The molecule has 0 bridgehead atoms. The van der Waals surface area contributed by atoms with Crippen LogP contribution in [0.1, 0.15) is 0 Å². The predicted molar refractivity (Wildman–Crippen MR) is 232 cm³/mol. The lowest BCUT2D eigenvalue weighted by Gasteiger charge is -2.27. The molecule has 0 amide bonds. The summed E-state index contributed by atoms with van der Waals surface area (Å²) in [6.07, 6.45) is 1.86. The quantitative estimate of drug-likeness (QED) is 0.172. The minimum absolute atomic E-state index is 0.974. The molecule has 9 aromatic carbocycles. The summed E-state index contributed by atoms with van der Waals surface area (Å²) in [5, 5.41) is 6.22. The van der Waals surface area contributed by atoms with Crippen molar-refractivity contribution < 1.29 is 0 Å². The Hall–Kier alpha value is -7.29. The molecule has 0 fully saturated rings. The van der Waals surface area contributed by atoms with Crippen LogP contribution in [0.4, 0.5) is 17.1 Å². The van der Waals surface area contributed by atoms with E-state index in [1.165, 1.54) is 77.2 Å². The van der Waals surface area contributed by atoms with Crippen molar-refractivity contribution >= 4 is 49.5 Å². The number of anilines is 3. The molecule has 2 nitrogen and oxygen atoms in total. The average Bonchev–Trinajstić information content (AvgIpc) is 3.59. The number of pyridine rings is 1. The minimum atomic E-state index is 0.974. The number of fused-ring (bicyclic) bond motifs is 5. The molecule has 0 unspecified atom stereocenters. The van der Waals surface area contributed by atoms with Gasteiger partial charge in [0.25, 0.3) is 0 Å². The summed E-state index contributed by atoms with van der Waals surface area (Å²) in [4.78, 5) is 7.05. The zero-order chi connectivity index (χ0) is 36.3. The predicted octanol–water partition coefficient (Wildman–Crippen LogP) is 14.7. The van der Waals surface area contributed by atoms with Gasteiger partial charge in [0.2, 0.25) is 0 Å². The summed E-state index contributed by atoms with van der Waals surface area (Å²) < 4.78 is 0. The maximum atomic E-state index is 4.69. The van der Waals surface area contributed by atoms with Crippen molar-refractivity contribution in [3.05, 3.63) is 206 Å². The van der Waals surface area contributed by atoms with Gasteiger partial charge in [-0.1, -0.05) is 152 Å². The smallest absolute Gasteiger partial charge is 0.0723 e. The van der Waals surface area contributed by atoms with Crippen molar-refractivity contribution in [2.24, 2.45) is 0 Å². The van der Waals surface area contributed by atoms with Crippen LogP contribution >= 0.6 is 0 Å². The van der Waals surface area contributed by atoms with Gasteiger partial charge in [0.1, 0.15) is 0 Å². The monoisotopic (exact) mass is 698 g/mol. The molecule has 0 radical (unpaired) electrons. The van der Waals surface area contributed by atoms with Crippen LogP contribution < -0.4 is 4.90 Å². The van der Waals surface area contributed by atoms with Crippen LogP contribution in [-0.4, -0.2) is 4.98 Å². The van der Waals surface area contributed by atoms with Crippen LogP contribution in [0.5, 0.6) is 0 Å². The lowest BCUT2D eigenvalue weighted by atomic mass is 9.82. The van der Waals surface area contributed by atoms with Crippen LogP contribution in [0, 0.1) is 0 Å². The Morgan fingerprint density at radius 1 is 0.327 bits per heavy atom. The van der Waals surface area contributed by atoms with Gasteiger partial charge in [-0.3, -0.25) is 4.98 Å². The minimum Gasteiger partial charge on any atom is -0.310 e. The lowest BCUT2D eigenvalue weighted by Crippen LogP contribution is -2.10. The average molecular weight is 699 g/mol. The Morgan fingerprint density at radius 2 is 0.855 bits per heavy atom. The molecular weight excluding hydrogens is 665 g/mol. The molecule has 0 atom stereocenters. The molecule has 2 heteroatoms. The van der Waals surface area contributed by atoms with Gasteiger partial charge in [0, 0.05) is 23.0 Å². The molecule has 0 N–H and O–H groups in total. The van der Waals surface area contributed by atoms with Gasteiger partial charge in [0.15, 0.2) is 0 Å². The Morgan fingerprint density at radius 3 is 1.56 bits per heavy atom. The van der Waals surface area contributed by atoms with E-state index in [1.807, 2.05) is 12.3 Å². The van der Waals surface area contributed by atoms with Crippen LogP contribution in [0.2, 0.25) is 0 Å². The number of rotatable bonds is 6. The van der Waals surface area contributed by atoms with Crippen LogP contribution in [0.3, 0.4) is 0 Å². The number of hydrogen-bond acceptors (Lipinski definition) is 2. The summed E-state index contributed by atoms with van der Waals surface area (Å²) in [5.41, 5.74) is 16.9. The Labute approximate surface area is 320 Å². The first-order valence-electron chi connectivity index (χ1n) is 18.9. The maximum Gasteiger partial charge on any atom is 0.0723 e. The van der Waals surface area contributed by atoms with E-state index in [-0.39, 0.29) is 0 Å².